The van der Waals surface area contributed by atoms with Gasteiger partial charge in [0.15, 0.2) is 0 Å². The minimum atomic E-state index is -4.36. The van der Waals surface area contributed by atoms with Gasteiger partial charge in [-0.1, -0.05) is 0 Å². The van der Waals surface area contributed by atoms with Crippen molar-refractivity contribution in [3.8, 4) is 0 Å². The number of carbonyl (C=O) groups is 1. The van der Waals surface area contributed by atoms with Crippen LogP contribution < -0.4 is 5.32 Å². The van der Waals surface area contributed by atoms with Gasteiger partial charge in [-0.3, -0.25) is 9.89 Å². The van der Waals surface area contributed by atoms with Crippen LogP contribution in [0.25, 0.3) is 0 Å². The quantitative estimate of drug-likeness (QED) is 0.890. The first-order chi connectivity index (χ1) is 8.96. The minimum absolute atomic E-state index is 0.0270. The number of rotatable bonds is 4. The van der Waals surface area contributed by atoms with Crippen molar-refractivity contribution >= 4 is 5.91 Å². The van der Waals surface area contributed by atoms with Crippen LogP contribution >= 0.6 is 0 Å². The van der Waals surface area contributed by atoms with Crippen molar-refractivity contribution in [1.82, 2.24) is 20.1 Å². The SMILES string of the molecule is O=C(NCc1cn[nH]c1)c1cccn1CC(F)(F)F. The summed E-state index contributed by atoms with van der Waals surface area (Å²) in [5, 5.41) is 8.80. The first-order valence-electron chi connectivity index (χ1n) is 5.43. The van der Waals surface area contributed by atoms with E-state index >= 15 is 0 Å². The highest BCUT2D eigenvalue weighted by Crippen LogP contribution is 2.19. The van der Waals surface area contributed by atoms with Crippen LogP contribution in [0.5, 0.6) is 0 Å². The van der Waals surface area contributed by atoms with Crippen molar-refractivity contribution in [2.24, 2.45) is 0 Å². The Labute approximate surface area is 106 Å². The molecule has 2 N–H and O–H groups in total. The first-order valence-corrected chi connectivity index (χ1v) is 5.43. The molecule has 0 saturated carbocycles. The van der Waals surface area contributed by atoms with Gasteiger partial charge in [-0.15, -0.1) is 0 Å². The summed E-state index contributed by atoms with van der Waals surface area (Å²) in [5.41, 5.74) is 0.711. The molecule has 19 heavy (non-hydrogen) atoms. The van der Waals surface area contributed by atoms with Gasteiger partial charge >= 0.3 is 6.18 Å². The molecule has 0 aliphatic carbocycles. The molecule has 0 spiro atoms. The van der Waals surface area contributed by atoms with Gasteiger partial charge in [-0.2, -0.15) is 18.3 Å². The average Bonchev–Trinajstić information content (AvgIpc) is 2.94. The van der Waals surface area contributed by atoms with E-state index in [0.29, 0.717) is 0 Å². The molecule has 2 rings (SSSR count). The van der Waals surface area contributed by atoms with Crippen molar-refractivity contribution < 1.29 is 18.0 Å². The van der Waals surface area contributed by atoms with Gasteiger partial charge in [0.2, 0.25) is 0 Å². The summed E-state index contributed by atoms with van der Waals surface area (Å²) in [6, 6.07) is 2.74. The normalized spacial score (nSPS) is 11.5. The summed E-state index contributed by atoms with van der Waals surface area (Å²) in [6.07, 6.45) is -0.0249. The molecule has 2 aromatic rings. The Balaban J connectivity index is 2.01. The minimum Gasteiger partial charge on any atom is -0.347 e. The second kappa shape index (κ2) is 5.17. The van der Waals surface area contributed by atoms with Gasteiger partial charge in [0.1, 0.15) is 12.2 Å². The molecule has 0 saturated heterocycles. The summed E-state index contributed by atoms with van der Waals surface area (Å²) in [6.45, 7) is -0.985. The maximum Gasteiger partial charge on any atom is 0.406 e. The van der Waals surface area contributed by atoms with Crippen LogP contribution in [0.15, 0.2) is 30.7 Å². The third-order valence-corrected chi connectivity index (χ3v) is 2.42. The topological polar surface area (TPSA) is 62.7 Å². The number of nitrogens with zero attached hydrogens (tertiary/aromatic N) is 2. The van der Waals surface area contributed by atoms with Crippen molar-refractivity contribution in [2.45, 2.75) is 19.3 Å². The molecular formula is C11H11F3N4O. The van der Waals surface area contributed by atoms with Crippen LogP contribution in [0.1, 0.15) is 16.1 Å². The molecule has 0 fully saturated rings. The van der Waals surface area contributed by atoms with Crippen LogP contribution in [0.4, 0.5) is 13.2 Å². The molecule has 0 aliphatic rings. The fraction of sp³-hybridized carbons (Fsp3) is 0.273. The van der Waals surface area contributed by atoms with E-state index in [2.05, 4.69) is 15.5 Å². The Kier molecular flexibility index (Phi) is 3.59. The number of alkyl halides is 3. The van der Waals surface area contributed by atoms with E-state index in [0.717, 1.165) is 10.1 Å². The molecule has 0 aromatic carbocycles. The van der Waals surface area contributed by atoms with E-state index in [4.69, 9.17) is 0 Å². The van der Waals surface area contributed by atoms with Crippen molar-refractivity contribution in [3.05, 3.63) is 42.0 Å². The van der Waals surface area contributed by atoms with Crippen LogP contribution in [0, 0.1) is 0 Å². The summed E-state index contributed by atoms with van der Waals surface area (Å²) >= 11 is 0. The molecule has 0 bridgehead atoms. The molecule has 102 valence electrons. The van der Waals surface area contributed by atoms with Gasteiger partial charge in [-0.25, -0.2) is 0 Å². The summed E-state index contributed by atoms with van der Waals surface area (Å²) in [7, 11) is 0. The fourth-order valence-corrected chi connectivity index (χ4v) is 1.60. The van der Waals surface area contributed by atoms with E-state index in [9.17, 15) is 18.0 Å². The van der Waals surface area contributed by atoms with E-state index in [1.807, 2.05) is 0 Å². The molecule has 0 atom stereocenters. The van der Waals surface area contributed by atoms with Crippen LogP contribution in [0.2, 0.25) is 0 Å². The number of nitrogens with one attached hydrogen (secondary N) is 2. The molecule has 5 nitrogen and oxygen atoms in total. The monoisotopic (exact) mass is 272 g/mol. The lowest BCUT2D eigenvalue weighted by Crippen LogP contribution is -2.27. The van der Waals surface area contributed by atoms with Crippen LogP contribution in [-0.2, 0) is 13.1 Å². The van der Waals surface area contributed by atoms with Gasteiger partial charge in [0.25, 0.3) is 5.91 Å². The number of aromatic amines is 1. The number of hydrogen-bond acceptors (Lipinski definition) is 2. The van der Waals surface area contributed by atoms with E-state index < -0.39 is 18.6 Å². The van der Waals surface area contributed by atoms with E-state index in [1.165, 1.54) is 24.5 Å². The average molecular weight is 272 g/mol. The lowest BCUT2D eigenvalue weighted by atomic mass is 10.3. The predicted octanol–water partition coefficient (Wildman–Crippen LogP) is 1.70. The van der Waals surface area contributed by atoms with Gasteiger partial charge in [-0.05, 0) is 12.1 Å². The van der Waals surface area contributed by atoms with Crippen molar-refractivity contribution in [1.29, 1.82) is 0 Å². The Morgan fingerprint density at radius 2 is 2.26 bits per heavy atom. The van der Waals surface area contributed by atoms with Crippen LogP contribution in [-0.4, -0.2) is 26.8 Å². The number of carbonyl (C=O) groups excluding carboxylic acids is 1. The lowest BCUT2D eigenvalue weighted by Gasteiger charge is -2.11. The summed E-state index contributed by atoms with van der Waals surface area (Å²) in [4.78, 5) is 11.8. The Morgan fingerprint density at radius 1 is 1.47 bits per heavy atom. The Hall–Kier alpha value is -2.25. The highest BCUT2D eigenvalue weighted by atomic mass is 19.4. The van der Waals surface area contributed by atoms with Crippen LogP contribution in [0.3, 0.4) is 0 Å². The zero-order valence-corrected chi connectivity index (χ0v) is 9.74. The number of hydrogen-bond donors (Lipinski definition) is 2. The van der Waals surface area contributed by atoms with E-state index in [1.54, 1.807) is 6.20 Å². The van der Waals surface area contributed by atoms with Gasteiger partial charge in [0, 0.05) is 24.5 Å². The zero-order valence-electron chi connectivity index (χ0n) is 9.74. The molecule has 0 unspecified atom stereocenters. The zero-order chi connectivity index (χ0) is 13.9. The molecule has 8 heteroatoms. The standard InChI is InChI=1S/C11H11F3N4O/c12-11(13,14)7-18-3-1-2-9(18)10(19)15-4-8-5-16-17-6-8/h1-3,5-6H,4,7H2,(H,15,19)(H,16,17). The van der Waals surface area contributed by atoms with Gasteiger partial charge < -0.3 is 9.88 Å². The number of H-pyrrole nitrogens is 1. The molecule has 1 amide bonds. The smallest absolute Gasteiger partial charge is 0.347 e. The molecule has 0 radical (unpaired) electrons. The third-order valence-electron chi connectivity index (χ3n) is 2.42. The summed E-state index contributed by atoms with van der Waals surface area (Å²) in [5.74, 6) is -0.560. The second-order valence-electron chi connectivity index (χ2n) is 3.93. The number of aromatic nitrogens is 3. The highest BCUT2D eigenvalue weighted by molar-refractivity contribution is 5.92. The third kappa shape index (κ3) is 3.60. The van der Waals surface area contributed by atoms with Crippen molar-refractivity contribution in [2.75, 3.05) is 0 Å². The molecular weight excluding hydrogens is 261 g/mol. The molecule has 0 aliphatic heterocycles. The lowest BCUT2D eigenvalue weighted by molar-refractivity contribution is -0.140. The number of amides is 1. The number of halogens is 3. The maximum atomic E-state index is 12.3. The van der Waals surface area contributed by atoms with E-state index in [-0.39, 0.29) is 12.2 Å². The molecule has 2 aromatic heterocycles. The fourth-order valence-electron chi connectivity index (χ4n) is 1.60. The Bertz CT molecular complexity index is 545. The molecule has 2 heterocycles. The van der Waals surface area contributed by atoms with Gasteiger partial charge in [0.05, 0.1) is 6.20 Å². The predicted molar refractivity (Wildman–Crippen MR) is 60.2 cm³/mol. The first kappa shape index (κ1) is 13.2. The van der Waals surface area contributed by atoms with Crippen molar-refractivity contribution in [3.63, 3.8) is 0 Å². The second-order valence-corrected chi connectivity index (χ2v) is 3.93. The largest absolute Gasteiger partial charge is 0.406 e. The summed E-state index contributed by atoms with van der Waals surface area (Å²) < 4.78 is 37.8. The Morgan fingerprint density at radius 3 is 2.89 bits per heavy atom. The highest BCUT2D eigenvalue weighted by Gasteiger charge is 2.29. The maximum absolute atomic E-state index is 12.3.